The van der Waals surface area contributed by atoms with Crippen molar-refractivity contribution in [2.24, 2.45) is 11.8 Å². The molecule has 0 aliphatic heterocycles. The van der Waals surface area contributed by atoms with Crippen molar-refractivity contribution in [3.05, 3.63) is 55.3 Å². The summed E-state index contributed by atoms with van der Waals surface area (Å²) in [5.74, 6) is 1.11. The Morgan fingerprint density at radius 2 is 1.74 bits per heavy atom. The van der Waals surface area contributed by atoms with Crippen LogP contribution in [0.5, 0.6) is 0 Å². The van der Waals surface area contributed by atoms with Crippen molar-refractivity contribution in [2.75, 3.05) is 6.61 Å². The minimum Gasteiger partial charge on any atom is -0.463 e. The first kappa shape index (κ1) is 24.8. The molecule has 0 aliphatic carbocycles. The molecule has 2 aromatic rings. The lowest BCUT2D eigenvalue weighted by atomic mass is 9.98. The van der Waals surface area contributed by atoms with Crippen molar-refractivity contribution in [1.82, 2.24) is 4.98 Å². The zero-order valence-electron chi connectivity index (χ0n) is 17.8. The second-order valence-corrected chi connectivity index (χ2v) is 6.79. The molecule has 0 bridgehead atoms. The standard InChI is InChI=1S/C13H24O2.C9H7N.C2H6/c1-5-13(14)15-10-9-12(4)8-6-7-11(2)3;1-2-6-9-8(4-1)5-3-7-10-9;1-2/h5,11-12H,1,6-10H2,2-4H3;1-7H;1-2H3. The highest BCUT2D eigenvalue weighted by Gasteiger charge is 2.04. The summed E-state index contributed by atoms with van der Waals surface area (Å²) in [4.78, 5) is 14.9. The Kier molecular flexibility index (Phi) is 14.8. The number of aromatic nitrogens is 1. The average Bonchev–Trinajstić information content (AvgIpc) is 2.69. The molecule has 1 aromatic heterocycles. The lowest BCUT2D eigenvalue weighted by molar-refractivity contribution is -0.138. The van der Waals surface area contributed by atoms with E-state index in [1.54, 1.807) is 0 Å². The average molecular weight is 372 g/mol. The molecule has 0 saturated heterocycles. The lowest BCUT2D eigenvalue weighted by Crippen LogP contribution is -2.06. The van der Waals surface area contributed by atoms with Gasteiger partial charge in [-0.3, -0.25) is 4.98 Å². The number of rotatable bonds is 8. The van der Waals surface area contributed by atoms with E-state index in [-0.39, 0.29) is 5.97 Å². The van der Waals surface area contributed by atoms with Crippen molar-refractivity contribution in [3.8, 4) is 0 Å². The topological polar surface area (TPSA) is 39.2 Å². The highest BCUT2D eigenvalue weighted by Crippen LogP contribution is 2.15. The SMILES string of the molecule is C=CC(=O)OCCC(C)CCCC(C)C.CC.c1ccc2ncccc2c1. The summed E-state index contributed by atoms with van der Waals surface area (Å²) in [6.07, 6.45) is 7.76. The molecule has 2 rings (SSSR count). The van der Waals surface area contributed by atoms with Gasteiger partial charge in [-0.05, 0) is 30.4 Å². The molecule has 27 heavy (non-hydrogen) atoms. The third kappa shape index (κ3) is 12.8. The maximum Gasteiger partial charge on any atom is 0.330 e. The molecule has 0 aliphatic rings. The van der Waals surface area contributed by atoms with Gasteiger partial charge in [0.15, 0.2) is 0 Å². The Morgan fingerprint density at radius 3 is 2.37 bits per heavy atom. The molecule has 0 saturated carbocycles. The molecule has 3 heteroatoms. The van der Waals surface area contributed by atoms with Crippen LogP contribution < -0.4 is 0 Å². The summed E-state index contributed by atoms with van der Waals surface area (Å²) in [7, 11) is 0. The Bertz CT molecular complexity index is 572. The number of carbonyl (C=O) groups is 1. The molecule has 1 aromatic carbocycles. The molecule has 0 N–H and O–H groups in total. The molecule has 150 valence electrons. The minimum atomic E-state index is -0.315. The zero-order valence-corrected chi connectivity index (χ0v) is 17.8. The van der Waals surface area contributed by atoms with Crippen LogP contribution in [-0.2, 0) is 9.53 Å². The van der Waals surface area contributed by atoms with Crippen LogP contribution in [0.4, 0.5) is 0 Å². The first-order valence-corrected chi connectivity index (χ1v) is 10.1. The van der Waals surface area contributed by atoms with E-state index in [0.29, 0.717) is 12.5 Å². The van der Waals surface area contributed by atoms with Crippen LogP contribution >= 0.6 is 0 Å². The monoisotopic (exact) mass is 371 g/mol. The number of ether oxygens (including phenoxy) is 1. The van der Waals surface area contributed by atoms with E-state index >= 15 is 0 Å². The molecule has 0 fully saturated rings. The van der Waals surface area contributed by atoms with Gasteiger partial charge in [-0.15, -0.1) is 0 Å². The van der Waals surface area contributed by atoms with Crippen molar-refractivity contribution in [1.29, 1.82) is 0 Å². The van der Waals surface area contributed by atoms with Gasteiger partial charge >= 0.3 is 5.97 Å². The molecule has 1 atom stereocenters. The van der Waals surface area contributed by atoms with Crippen LogP contribution in [0.3, 0.4) is 0 Å². The van der Waals surface area contributed by atoms with Gasteiger partial charge in [0.2, 0.25) is 0 Å². The molecular weight excluding hydrogens is 334 g/mol. The predicted octanol–water partition coefficient (Wildman–Crippen LogP) is 6.83. The Hall–Kier alpha value is -2.16. The van der Waals surface area contributed by atoms with Gasteiger partial charge < -0.3 is 4.74 Å². The van der Waals surface area contributed by atoms with Gasteiger partial charge in [0.1, 0.15) is 0 Å². The Labute approximate surface area is 165 Å². The maximum atomic E-state index is 10.8. The smallest absolute Gasteiger partial charge is 0.330 e. The van der Waals surface area contributed by atoms with Gasteiger partial charge in [-0.1, -0.05) is 84.7 Å². The van der Waals surface area contributed by atoms with Gasteiger partial charge in [0.25, 0.3) is 0 Å². The normalized spacial score (nSPS) is 10.9. The molecule has 0 radical (unpaired) electrons. The van der Waals surface area contributed by atoms with E-state index in [2.05, 4.69) is 44.5 Å². The molecule has 0 amide bonds. The summed E-state index contributed by atoms with van der Waals surface area (Å²) < 4.78 is 4.93. The number of benzene rings is 1. The number of esters is 1. The highest BCUT2D eigenvalue weighted by atomic mass is 16.5. The van der Waals surface area contributed by atoms with Gasteiger partial charge in [0, 0.05) is 17.7 Å². The summed E-state index contributed by atoms with van der Waals surface area (Å²) in [5.41, 5.74) is 1.06. The summed E-state index contributed by atoms with van der Waals surface area (Å²) in [6, 6.07) is 12.1. The second-order valence-electron chi connectivity index (χ2n) is 6.79. The van der Waals surface area contributed by atoms with E-state index in [0.717, 1.165) is 17.9 Å². The van der Waals surface area contributed by atoms with Crippen molar-refractivity contribution in [2.45, 2.75) is 60.3 Å². The number of carbonyl (C=O) groups excluding carboxylic acids is 1. The second kappa shape index (κ2) is 16.0. The summed E-state index contributed by atoms with van der Waals surface area (Å²) in [6.45, 7) is 14.6. The fourth-order valence-corrected chi connectivity index (χ4v) is 2.45. The summed E-state index contributed by atoms with van der Waals surface area (Å²) >= 11 is 0. The third-order valence-corrected chi connectivity index (χ3v) is 4.01. The largest absolute Gasteiger partial charge is 0.463 e. The first-order chi connectivity index (χ1) is 13.0. The van der Waals surface area contributed by atoms with Gasteiger partial charge in [-0.25, -0.2) is 4.79 Å². The molecule has 3 nitrogen and oxygen atoms in total. The van der Waals surface area contributed by atoms with Crippen LogP contribution in [0.25, 0.3) is 10.9 Å². The predicted molar refractivity (Wildman–Crippen MR) is 117 cm³/mol. The Balaban J connectivity index is 0.000000482. The molecule has 0 spiro atoms. The van der Waals surface area contributed by atoms with E-state index in [1.807, 2.05) is 44.3 Å². The number of para-hydroxylation sites is 1. The Morgan fingerprint density at radius 1 is 1.07 bits per heavy atom. The van der Waals surface area contributed by atoms with E-state index in [4.69, 9.17) is 4.74 Å². The number of nitrogens with zero attached hydrogens (tertiary/aromatic N) is 1. The van der Waals surface area contributed by atoms with Crippen LogP contribution in [0.1, 0.15) is 60.3 Å². The highest BCUT2D eigenvalue weighted by molar-refractivity contribution is 5.81. The van der Waals surface area contributed by atoms with Crippen molar-refractivity contribution < 1.29 is 9.53 Å². The number of hydrogen-bond donors (Lipinski definition) is 0. The lowest BCUT2D eigenvalue weighted by Gasteiger charge is -2.11. The van der Waals surface area contributed by atoms with Crippen LogP contribution in [0.15, 0.2) is 55.3 Å². The fraction of sp³-hybridized carbons (Fsp3) is 0.500. The van der Waals surface area contributed by atoms with E-state index in [1.165, 1.54) is 30.7 Å². The first-order valence-electron chi connectivity index (χ1n) is 10.1. The fourth-order valence-electron chi connectivity index (χ4n) is 2.45. The molecular formula is C24H37NO2. The summed E-state index contributed by atoms with van der Waals surface area (Å²) in [5, 5.41) is 1.20. The number of fused-ring (bicyclic) bond motifs is 1. The zero-order chi connectivity index (χ0) is 20.5. The van der Waals surface area contributed by atoms with Crippen LogP contribution in [-0.4, -0.2) is 17.6 Å². The van der Waals surface area contributed by atoms with Crippen LogP contribution in [0, 0.1) is 11.8 Å². The number of hydrogen-bond acceptors (Lipinski definition) is 3. The third-order valence-electron chi connectivity index (χ3n) is 4.01. The quantitative estimate of drug-likeness (QED) is 0.377. The van der Waals surface area contributed by atoms with Crippen molar-refractivity contribution in [3.63, 3.8) is 0 Å². The number of pyridine rings is 1. The van der Waals surface area contributed by atoms with Crippen molar-refractivity contribution >= 4 is 16.9 Å². The van der Waals surface area contributed by atoms with Gasteiger partial charge in [-0.2, -0.15) is 0 Å². The minimum absolute atomic E-state index is 0.315. The van der Waals surface area contributed by atoms with Gasteiger partial charge in [0.05, 0.1) is 12.1 Å². The van der Waals surface area contributed by atoms with E-state index < -0.39 is 0 Å². The molecule has 1 unspecified atom stereocenters. The van der Waals surface area contributed by atoms with Crippen LogP contribution in [0.2, 0.25) is 0 Å². The van der Waals surface area contributed by atoms with E-state index in [9.17, 15) is 4.79 Å². The maximum absolute atomic E-state index is 10.8. The molecule has 1 heterocycles.